The molecule has 0 radical (unpaired) electrons. The molecule has 0 saturated heterocycles. The van der Waals surface area contributed by atoms with Gasteiger partial charge in [0.15, 0.2) is 11.6 Å². The number of carbonyl (C=O) groups excluding carboxylic acids is 1. The molecule has 3 aromatic rings. The van der Waals surface area contributed by atoms with E-state index in [2.05, 4.69) is 5.32 Å². The SMILES string of the molecule is COc1ccc(-c2nc3n(n2)C(c2cc(OC)ccc2OC)C2=C(CCCC2=O)N3)cc1. The van der Waals surface area contributed by atoms with E-state index < -0.39 is 6.04 Å². The molecule has 2 aromatic carbocycles. The standard InChI is InChI=1S/C24H24N4O4/c1-30-15-9-7-14(8-10-15)23-26-24-25-18-5-4-6-19(29)21(18)22(28(24)27-23)17-13-16(31-2)11-12-20(17)32-3/h7-13,22H,4-6H2,1-3H3,(H,25,26,27). The van der Waals surface area contributed by atoms with Crippen LogP contribution in [0.15, 0.2) is 53.7 Å². The quantitative estimate of drug-likeness (QED) is 0.652. The summed E-state index contributed by atoms with van der Waals surface area (Å²) in [4.78, 5) is 17.8. The molecule has 1 aliphatic carbocycles. The van der Waals surface area contributed by atoms with Gasteiger partial charge >= 0.3 is 0 Å². The number of nitrogens with zero attached hydrogens (tertiary/aromatic N) is 3. The molecule has 1 N–H and O–H groups in total. The van der Waals surface area contributed by atoms with Crippen LogP contribution in [-0.4, -0.2) is 41.9 Å². The second kappa shape index (κ2) is 8.03. The Balaban J connectivity index is 1.68. The number of fused-ring (bicyclic) bond motifs is 1. The molecule has 1 unspecified atom stereocenters. The van der Waals surface area contributed by atoms with E-state index in [-0.39, 0.29) is 5.78 Å². The lowest BCUT2D eigenvalue weighted by Crippen LogP contribution is -2.31. The second-order valence-electron chi connectivity index (χ2n) is 7.74. The van der Waals surface area contributed by atoms with Crippen molar-refractivity contribution >= 4 is 11.7 Å². The van der Waals surface area contributed by atoms with Crippen LogP contribution >= 0.6 is 0 Å². The number of aromatic nitrogens is 3. The van der Waals surface area contributed by atoms with Gasteiger partial charge < -0.3 is 19.5 Å². The fourth-order valence-corrected chi connectivity index (χ4v) is 4.36. The van der Waals surface area contributed by atoms with Gasteiger partial charge in [0.1, 0.15) is 23.3 Å². The molecule has 0 amide bonds. The third-order valence-corrected chi connectivity index (χ3v) is 5.95. The van der Waals surface area contributed by atoms with Crippen molar-refractivity contribution < 1.29 is 19.0 Å². The number of hydrogen-bond donors (Lipinski definition) is 1. The number of hydrogen-bond acceptors (Lipinski definition) is 7. The average molecular weight is 432 g/mol. The van der Waals surface area contributed by atoms with Crippen LogP contribution in [0.5, 0.6) is 17.2 Å². The number of anilines is 1. The molecule has 8 nitrogen and oxygen atoms in total. The summed E-state index contributed by atoms with van der Waals surface area (Å²) in [6, 6.07) is 12.7. The first-order valence-corrected chi connectivity index (χ1v) is 10.5. The highest BCUT2D eigenvalue weighted by Crippen LogP contribution is 2.44. The molecule has 32 heavy (non-hydrogen) atoms. The van der Waals surface area contributed by atoms with E-state index in [0.29, 0.717) is 35.3 Å². The summed E-state index contributed by atoms with van der Waals surface area (Å²) in [5, 5.41) is 8.17. The predicted octanol–water partition coefficient (Wildman–Crippen LogP) is 3.99. The number of nitrogens with one attached hydrogen (secondary N) is 1. The van der Waals surface area contributed by atoms with Crippen molar-refractivity contribution in [3.05, 3.63) is 59.3 Å². The highest BCUT2D eigenvalue weighted by atomic mass is 16.5. The number of carbonyl (C=O) groups is 1. The van der Waals surface area contributed by atoms with Crippen LogP contribution in [0.3, 0.4) is 0 Å². The molecule has 8 heteroatoms. The van der Waals surface area contributed by atoms with Crippen molar-refractivity contribution in [2.75, 3.05) is 26.6 Å². The Labute approximate surface area is 185 Å². The maximum absolute atomic E-state index is 13.1. The number of allylic oxidation sites excluding steroid dienone is 2. The van der Waals surface area contributed by atoms with E-state index in [1.54, 1.807) is 26.0 Å². The summed E-state index contributed by atoms with van der Waals surface area (Å²) in [5.74, 6) is 3.38. The number of benzene rings is 2. The molecular formula is C24H24N4O4. The summed E-state index contributed by atoms with van der Waals surface area (Å²) < 4.78 is 18.2. The van der Waals surface area contributed by atoms with E-state index >= 15 is 0 Å². The first-order chi connectivity index (χ1) is 15.6. The Hall–Kier alpha value is -3.81. The Kier molecular flexibility index (Phi) is 5.05. The summed E-state index contributed by atoms with van der Waals surface area (Å²) >= 11 is 0. The maximum Gasteiger partial charge on any atom is 0.226 e. The van der Waals surface area contributed by atoms with Crippen molar-refractivity contribution in [1.82, 2.24) is 14.8 Å². The Morgan fingerprint density at radius 1 is 0.969 bits per heavy atom. The van der Waals surface area contributed by atoms with E-state index in [0.717, 1.165) is 35.4 Å². The average Bonchev–Trinajstić information content (AvgIpc) is 3.26. The summed E-state index contributed by atoms with van der Waals surface area (Å²) in [7, 11) is 4.87. The number of methoxy groups -OCH3 is 3. The molecular weight excluding hydrogens is 408 g/mol. The van der Waals surface area contributed by atoms with E-state index in [9.17, 15) is 4.79 Å². The highest BCUT2D eigenvalue weighted by molar-refractivity contribution is 5.99. The minimum atomic E-state index is -0.460. The Morgan fingerprint density at radius 3 is 2.44 bits per heavy atom. The van der Waals surface area contributed by atoms with Gasteiger partial charge in [-0.05, 0) is 55.3 Å². The molecule has 0 saturated carbocycles. The zero-order chi connectivity index (χ0) is 22.2. The highest BCUT2D eigenvalue weighted by Gasteiger charge is 2.38. The number of Topliss-reactive ketones (excluding diaryl/α,β-unsaturated/α-hetero) is 1. The van der Waals surface area contributed by atoms with E-state index in [1.165, 1.54) is 0 Å². The second-order valence-corrected chi connectivity index (χ2v) is 7.74. The minimum absolute atomic E-state index is 0.112. The summed E-state index contributed by atoms with van der Waals surface area (Å²) in [5.41, 5.74) is 3.28. The molecule has 1 atom stereocenters. The third-order valence-electron chi connectivity index (χ3n) is 5.95. The lowest BCUT2D eigenvalue weighted by molar-refractivity contribution is -0.116. The zero-order valence-corrected chi connectivity index (χ0v) is 18.2. The van der Waals surface area contributed by atoms with Gasteiger partial charge in [-0.15, -0.1) is 5.10 Å². The first-order valence-electron chi connectivity index (χ1n) is 10.5. The molecule has 5 rings (SSSR count). The fourth-order valence-electron chi connectivity index (χ4n) is 4.36. The van der Waals surface area contributed by atoms with Crippen LogP contribution in [0.25, 0.3) is 11.4 Å². The van der Waals surface area contributed by atoms with Crippen molar-refractivity contribution in [3.63, 3.8) is 0 Å². The number of rotatable bonds is 5. The zero-order valence-electron chi connectivity index (χ0n) is 18.2. The Morgan fingerprint density at radius 2 is 1.72 bits per heavy atom. The predicted molar refractivity (Wildman–Crippen MR) is 119 cm³/mol. The smallest absolute Gasteiger partial charge is 0.226 e. The molecule has 164 valence electrons. The van der Waals surface area contributed by atoms with Crippen LogP contribution in [0.2, 0.25) is 0 Å². The maximum atomic E-state index is 13.1. The lowest BCUT2D eigenvalue weighted by Gasteiger charge is -2.32. The molecule has 1 aliphatic heterocycles. The van der Waals surface area contributed by atoms with E-state index in [4.69, 9.17) is 24.3 Å². The van der Waals surface area contributed by atoms with Crippen LogP contribution in [0.1, 0.15) is 30.9 Å². The first kappa shape index (κ1) is 20.1. The molecule has 0 spiro atoms. The van der Waals surface area contributed by atoms with Gasteiger partial charge in [-0.1, -0.05) is 0 Å². The molecule has 2 aliphatic rings. The summed E-state index contributed by atoms with van der Waals surface area (Å²) in [6.45, 7) is 0. The van der Waals surface area contributed by atoms with Crippen LogP contribution < -0.4 is 19.5 Å². The lowest BCUT2D eigenvalue weighted by atomic mass is 9.85. The normalized spacial score (nSPS) is 17.3. The summed E-state index contributed by atoms with van der Waals surface area (Å²) in [6.07, 6.45) is 2.11. The van der Waals surface area contributed by atoms with Gasteiger partial charge in [0.2, 0.25) is 5.95 Å². The van der Waals surface area contributed by atoms with Crippen molar-refractivity contribution in [3.8, 4) is 28.6 Å². The molecule has 0 fully saturated rings. The van der Waals surface area contributed by atoms with E-state index in [1.807, 2.05) is 42.5 Å². The van der Waals surface area contributed by atoms with Crippen molar-refractivity contribution in [2.24, 2.45) is 0 Å². The third kappa shape index (κ3) is 3.28. The number of ketones is 1. The molecule has 0 bridgehead atoms. The van der Waals surface area contributed by atoms with Gasteiger partial charge in [0.05, 0.1) is 21.3 Å². The Bertz CT molecular complexity index is 1210. The fraction of sp³-hybridized carbons (Fsp3) is 0.292. The molecule has 2 heterocycles. The van der Waals surface area contributed by atoms with Gasteiger partial charge in [-0.25, -0.2) is 4.68 Å². The van der Waals surface area contributed by atoms with Crippen LogP contribution in [0, 0.1) is 0 Å². The molecule has 1 aromatic heterocycles. The van der Waals surface area contributed by atoms with Gasteiger partial charge in [-0.2, -0.15) is 4.98 Å². The van der Waals surface area contributed by atoms with Gasteiger partial charge in [-0.3, -0.25) is 4.79 Å². The van der Waals surface area contributed by atoms with Crippen molar-refractivity contribution in [1.29, 1.82) is 0 Å². The minimum Gasteiger partial charge on any atom is -0.497 e. The van der Waals surface area contributed by atoms with Gasteiger partial charge in [0, 0.05) is 28.8 Å². The monoisotopic (exact) mass is 432 g/mol. The van der Waals surface area contributed by atoms with Crippen molar-refractivity contribution in [2.45, 2.75) is 25.3 Å². The van der Waals surface area contributed by atoms with Crippen LogP contribution in [-0.2, 0) is 4.79 Å². The largest absolute Gasteiger partial charge is 0.497 e. The van der Waals surface area contributed by atoms with Crippen LogP contribution in [0.4, 0.5) is 5.95 Å². The topological polar surface area (TPSA) is 87.5 Å². The van der Waals surface area contributed by atoms with Gasteiger partial charge in [0.25, 0.3) is 0 Å². The number of ether oxygens (including phenoxy) is 3.